The minimum absolute atomic E-state index is 0. The molecule has 1 aromatic carbocycles. The maximum absolute atomic E-state index is 13.5. The molecular weight excluding hydrogens is 396 g/mol. The van der Waals surface area contributed by atoms with Crippen LogP contribution >= 0.6 is 24.0 Å². The van der Waals surface area contributed by atoms with E-state index in [-0.39, 0.29) is 41.6 Å². The Morgan fingerprint density at radius 3 is 2.73 bits per heavy atom. The van der Waals surface area contributed by atoms with Crippen LogP contribution in [0.2, 0.25) is 0 Å². The van der Waals surface area contributed by atoms with Gasteiger partial charge in [0.25, 0.3) is 0 Å². The van der Waals surface area contributed by atoms with Gasteiger partial charge in [-0.3, -0.25) is 4.99 Å². The number of nitrogens with zero attached hydrogens (tertiary/aromatic N) is 1. The Balaban J connectivity index is 0.00000242. The number of para-hydroxylation sites is 1. The summed E-state index contributed by atoms with van der Waals surface area (Å²) in [6.45, 7) is 3.40. The number of nitrogens with one attached hydrogen (secondary N) is 2. The van der Waals surface area contributed by atoms with Gasteiger partial charge in [0.15, 0.2) is 17.5 Å². The van der Waals surface area contributed by atoms with Gasteiger partial charge in [0.1, 0.15) is 6.10 Å². The largest absolute Gasteiger partial charge is 0.486 e. The third-order valence-electron chi connectivity index (χ3n) is 3.49. The van der Waals surface area contributed by atoms with E-state index in [0.717, 1.165) is 18.4 Å². The summed E-state index contributed by atoms with van der Waals surface area (Å²) in [7, 11) is 1.74. The van der Waals surface area contributed by atoms with Gasteiger partial charge in [-0.1, -0.05) is 25.0 Å². The Kier molecular flexibility index (Phi) is 8.52. The minimum atomic E-state index is -0.337. The second kappa shape index (κ2) is 9.86. The Labute approximate surface area is 148 Å². The first-order chi connectivity index (χ1) is 10.2. The van der Waals surface area contributed by atoms with Crippen molar-refractivity contribution in [3.8, 4) is 5.75 Å². The lowest BCUT2D eigenvalue weighted by atomic mass is 10.3. The van der Waals surface area contributed by atoms with Gasteiger partial charge < -0.3 is 15.4 Å². The lowest BCUT2D eigenvalue weighted by Gasteiger charge is -2.18. The Morgan fingerprint density at radius 2 is 2.09 bits per heavy atom. The third-order valence-corrected chi connectivity index (χ3v) is 3.49. The minimum Gasteiger partial charge on any atom is -0.486 e. The molecule has 1 unspecified atom stereocenters. The van der Waals surface area contributed by atoms with Crippen LogP contribution in [0.4, 0.5) is 4.39 Å². The van der Waals surface area contributed by atoms with E-state index < -0.39 is 0 Å². The van der Waals surface area contributed by atoms with Gasteiger partial charge >= 0.3 is 0 Å². The number of hydrogen-bond donors (Lipinski definition) is 2. The van der Waals surface area contributed by atoms with E-state index in [2.05, 4.69) is 15.6 Å². The number of aliphatic imine (C=N–C) groups is 1. The molecular formula is C16H25FIN3O. The molecule has 0 aliphatic heterocycles. The van der Waals surface area contributed by atoms with Crippen LogP contribution in [0.3, 0.4) is 0 Å². The van der Waals surface area contributed by atoms with Crippen LogP contribution in [-0.4, -0.2) is 32.2 Å². The highest BCUT2D eigenvalue weighted by molar-refractivity contribution is 14.0. The first-order valence-electron chi connectivity index (χ1n) is 7.54. The summed E-state index contributed by atoms with van der Waals surface area (Å²) >= 11 is 0. The summed E-state index contributed by atoms with van der Waals surface area (Å²) in [5.74, 6) is 1.61. The van der Waals surface area contributed by atoms with E-state index in [1.54, 1.807) is 25.2 Å². The fourth-order valence-corrected chi connectivity index (χ4v) is 2.06. The molecule has 0 bridgehead atoms. The average Bonchev–Trinajstić information content (AvgIpc) is 3.29. The predicted molar refractivity (Wildman–Crippen MR) is 98.6 cm³/mol. The molecule has 2 N–H and O–H groups in total. The van der Waals surface area contributed by atoms with Crippen molar-refractivity contribution in [3.63, 3.8) is 0 Å². The van der Waals surface area contributed by atoms with Crippen LogP contribution in [0.15, 0.2) is 29.3 Å². The van der Waals surface area contributed by atoms with Crippen molar-refractivity contribution in [2.45, 2.75) is 32.3 Å². The molecule has 1 aliphatic carbocycles. The Morgan fingerprint density at radius 1 is 1.36 bits per heavy atom. The molecule has 0 radical (unpaired) electrons. The second-order valence-corrected chi connectivity index (χ2v) is 5.47. The van der Waals surface area contributed by atoms with E-state index in [0.29, 0.717) is 6.54 Å². The van der Waals surface area contributed by atoms with Crippen molar-refractivity contribution in [3.05, 3.63) is 30.1 Å². The van der Waals surface area contributed by atoms with Crippen LogP contribution in [0.5, 0.6) is 5.75 Å². The zero-order chi connectivity index (χ0) is 15.1. The van der Waals surface area contributed by atoms with E-state index >= 15 is 0 Å². The molecule has 0 spiro atoms. The summed E-state index contributed by atoms with van der Waals surface area (Å²) in [4.78, 5) is 4.17. The van der Waals surface area contributed by atoms with E-state index in [1.165, 1.54) is 25.3 Å². The van der Waals surface area contributed by atoms with Crippen molar-refractivity contribution < 1.29 is 9.13 Å². The number of halogens is 2. The molecule has 0 heterocycles. The van der Waals surface area contributed by atoms with E-state index in [9.17, 15) is 4.39 Å². The second-order valence-electron chi connectivity index (χ2n) is 5.47. The number of rotatable bonds is 7. The zero-order valence-electron chi connectivity index (χ0n) is 13.1. The highest BCUT2D eigenvalue weighted by Gasteiger charge is 2.20. The molecule has 1 atom stereocenters. The molecule has 0 aromatic heterocycles. The van der Waals surface area contributed by atoms with Crippen LogP contribution in [0.25, 0.3) is 0 Å². The van der Waals surface area contributed by atoms with E-state index in [1.807, 2.05) is 6.92 Å². The Bertz CT molecular complexity index is 480. The maximum atomic E-state index is 13.5. The van der Waals surface area contributed by atoms with Crippen molar-refractivity contribution >= 4 is 29.9 Å². The van der Waals surface area contributed by atoms with Gasteiger partial charge in [-0.15, -0.1) is 24.0 Å². The fourth-order valence-electron chi connectivity index (χ4n) is 2.06. The van der Waals surface area contributed by atoms with Crippen molar-refractivity contribution in [2.24, 2.45) is 10.9 Å². The summed E-state index contributed by atoms with van der Waals surface area (Å²) in [5, 5.41) is 6.48. The molecule has 1 aliphatic rings. The molecule has 0 saturated heterocycles. The normalized spacial score (nSPS) is 15.7. The van der Waals surface area contributed by atoms with Gasteiger partial charge in [0, 0.05) is 13.6 Å². The highest BCUT2D eigenvalue weighted by atomic mass is 127. The van der Waals surface area contributed by atoms with E-state index in [4.69, 9.17) is 4.74 Å². The number of benzene rings is 1. The summed E-state index contributed by atoms with van der Waals surface area (Å²) < 4.78 is 19.1. The Hall–Kier alpha value is -1.05. The lowest BCUT2D eigenvalue weighted by molar-refractivity contribution is 0.214. The molecule has 124 valence electrons. The predicted octanol–water partition coefficient (Wildman–Crippen LogP) is 3.18. The van der Waals surface area contributed by atoms with Crippen molar-refractivity contribution in [2.75, 3.05) is 20.1 Å². The number of hydrogen-bond acceptors (Lipinski definition) is 2. The van der Waals surface area contributed by atoms with Gasteiger partial charge in [-0.2, -0.15) is 0 Å². The maximum Gasteiger partial charge on any atom is 0.191 e. The van der Waals surface area contributed by atoms with Crippen LogP contribution in [0.1, 0.15) is 26.2 Å². The summed E-state index contributed by atoms with van der Waals surface area (Å²) in [6, 6.07) is 6.44. The fraction of sp³-hybridized carbons (Fsp3) is 0.562. The van der Waals surface area contributed by atoms with Gasteiger partial charge in [0.2, 0.25) is 0 Å². The van der Waals surface area contributed by atoms with Gasteiger partial charge in [0.05, 0.1) is 6.54 Å². The molecule has 2 rings (SSSR count). The zero-order valence-corrected chi connectivity index (χ0v) is 15.5. The molecule has 6 heteroatoms. The standard InChI is InChI=1S/C16H24FN3O.HI/c1-12(21-15-6-4-3-5-14(15)17)11-20-16(18-2)19-10-9-13-7-8-13;/h3-6,12-13H,7-11H2,1-2H3,(H2,18,19,20);1H. The average molecular weight is 421 g/mol. The number of guanidine groups is 1. The summed E-state index contributed by atoms with van der Waals surface area (Å²) in [5.41, 5.74) is 0. The van der Waals surface area contributed by atoms with Crippen LogP contribution < -0.4 is 15.4 Å². The molecule has 22 heavy (non-hydrogen) atoms. The molecule has 1 fully saturated rings. The van der Waals surface area contributed by atoms with Crippen molar-refractivity contribution in [1.29, 1.82) is 0 Å². The third kappa shape index (κ3) is 6.81. The van der Waals surface area contributed by atoms with Crippen molar-refractivity contribution in [1.82, 2.24) is 10.6 Å². The van der Waals surface area contributed by atoms with Crippen LogP contribution in [-0.2, 0) is 0 Å². The molecule has 4 nitrogen and oxygen atoms in total. The molecule has 1 aromatic rings. The lowest BCUT2D eigenvalue weighted by Crippen LogP contribution is -2.42. The van der Waals surface area contributed by atoms with Gasteiger partial charge in [-0.05, 0) is 31.4 Å². The molecule has 1 saturated carbocycles. The quantitative estimate of drug-likeness (QED) is 0.404. The topological polar surface area (TPSA) is 45.7 Å². The number of ether oxygens (including phenoxy) is 1. The first kappa shape index (κ1) is 19.0. The summed E-state index contributed by atoms with van der Waals surface area (Å²) in [6.07, 6.45) is 3.77. The molecule has 0 amide bonds. The highest BCUT2D eigenvalue weighted by Crippen LogP contribution is 2.31. The SMILES string of the molecule is CN=C(NCCC1CC1)NCC(C)Oc1ccccc1F.I. The monoisotopic (exact) mass is 421 g/mol. The first-order valence-corrected chi connectivity index (χ1v) is 7.54. The van der Waals surface area contributed by atoms with Gasteiger partial charge in [-0.25, -0.2) is 4.39 Å². The van der Waals surface area contributed by atoms with Crippen LogP contribution in [0, 0.1) is 11.7 Å². The smallest absolute Gasteiger partial charge is 0.191 e.